The fourth-order valence-corrected chi connectivity index (χ4v) is 3.70. The first kappa shape index (κ1) is 22.6. The van der Waals surface area contributed by atoms with Crippen LogP contribution in [0.2, 0.25) is 0 Å². The third-order valence-electron chi connectivity index (χ3n) is 5.48. The molecule has 0 aliphatic rings. The Labute approximate surface area is 172 Å². The molecule has 0 unspecified atom stereocenters. The zero-order valence-electron chi connectivity index (χ0n) is 18.0. The average Bonchev–Trinajstić information content (AvgIpc) is 3.20. The number of rotatable bonds is 17. The maximum atomic E-state index is 5.77. The molecule has 0 bridgehead atoms. The second kappa shape index (κ2) is 15.3. The van der Waals surface area contributed by atoms with Crippen LogP contribution in [-0.4, -0.2) is 10.2 Å². The maximum Gasteiger partial charge on any atom is 0.247 e. The molecule has 3 nitrogen and oxygen atoms in total. The summed E-state index contributed by atoms with van der Waals surface area (Å²) in [6.07, 6.45) is 21.7. The van der Waals surface area contributed by atoms with E-state index in [1.54, 1.807) is 0 Å². The molecule has 2 rings (SSSR count). The molecule has 0 atom stereocenters. The highest BCUT2D eigenvalue weighted by molar-refractivity contribution is 5.51. The van der Waals surface area contributed by atoms with E-state index >= 15 is 0 Å². The molecule has 0 saturated heterocycles. The van der Waals surface area contributed by atoms with Crippen molar-refractivity contribution >= 4 is 0 Å². The summed E-state index contributed by atoms with van der Waals surface area (Å²) in [6, 6.07) is 9.99. The summed E-state index contributed by atoms with van der Waals surface area (Å²) in [5, 5.41) is 8.34. The van der Waals surface area contributed by atoms with Crippen molar-refractivity contribution in [1.82, 2.24) is 10.2 Å². The maximum absolute atomic E-state index is 5.77. The van der Waals surface area contributed by atoms with Crippen LogP contribution in [0.25, 0.3) is 11.5 Å². The van der Waals surface area contributed by atoms with E-state index in [4.69, 9.17) is 4.42 Å². The number of aromatic nitrogens is 2. The van der Waals surface area contributed by atoms with E-state index in [9.17, 15) is 0 Å². The van der Waals surface area contributed by atoms with Crippen LogP contribution in [0.15, 0.2) is 34.7 Å². The van der Waals surface area contributed by atoms with Crippen molar-refractivity contribution in [3.05, 3.63) is 36.2 Å². The molecule has 3 heteroatoms. The van der Waals surface area contributed by atoms with Gasteiger partial charge in [-0.15, -0.1) is 10.2 Å². The topological polar surface area (TPSA) is 38.9 Å². The molecule has 0 amide bonds. The molecule has 2 aromatic rings. The van der Waals surface area contributed by atoms with Crippen LogP contribution >= 0.6 is 0 Å². The Hall–Kier alpha value is -1.64. The van der Waals surface area contributed by atoms with E-state index in [1.807, 2.05) is 30.3 Å². The first-order chi connectivity index (χ1) is 13.9. The monoisotopic (exact) mass is 384 g/mol. The zero-order chi connectivity index (χ0) is 19.7. The Morgan fingerprint density at radius 3 is 1.64 bits per heavy atom. The summed E-state index contributed by atoms with van der Waals surface area (Å²) in [7, 11) is 0. The molecule has 0 radical (unpaired) electrons. The molecular formula is C25H40N2O. The highest BCUT2D eigenvalue weighted by atomic mass is 16.4. The van der Waals surface area contributed by atoms with Gasteiger partial charge in [0, 0.05) is 12.0 Å². The predicted molar refractivity (Wildman–Crippen MR) is 118 cm³/mol. The third kappa shape index (κ3) is 10.1. The first-order valence-corrected chi connectivity index (χ1v) is 11.8. The van der Waals surface area contributed by atoms with Crippen molar-refractivity contribution < 1.29 is 4.42 Å². The van der Waals surface area contributed by atoms with E-state index in [0.29, 0.717) is 5.89 Å². The van der Waals surface area contributed by atoms with E-state index < -0.39 is 0 Å². The van der Waals surface area contributed by atoms with Gasteiger partial charge in [-0.1, -0.05) is 115 Å². The van der Waals surface area contributed by atoms with Gasteiger partial charge in [-0.05, 0) is 18.6 Å². The van der Waals surface area contributed by atoms with Crippen LogP contribution in [0.5, 0.6) is 0 Å². The number of hydrogen-bond donors (Lipinski definition) is 0. The summed E-state index contributed by atoms with van der Waals surface area (Å²) >= 11 is 0. The molecule has 0 spiro atoms. The normalized spacial score (nSPS) is 11.2. The van der Waals surface area contributed by atoms with Gasteiger partial charge in [0.1, 0.15) is 0 Å². The fourth-order valence-electron chi connectivity index (χ4n) is 3.70. The van der Waals surface area contributed by atoms with Gasteiger partial charge < -0.3 is 4.42 Å². The van der Waals surface area contributed by atoms with Crippen LogP contribution in [0, 0.1) is 0 Å². The molecule has 0 fully saturated rings. The molecular weight excluding hydrogens is 344 g/mol. The number of hydrogen-bond acceptors (Lipinski definition) is 3. The lowest BCUT2D eigenvalue weighted by molar-refractivity contribution is 0.484. The molecule has 0 aliphatic carbocycles. The summed E-state index contributed by atoms with van der Waals surface area (Å²) in [4.78, 5) is 0. The number of benzene rings is 1. The Morgan fingerprint density at radius 1 is 0.607 bits per heavy atom. The van der Waals surface area contributed by atoms with Gasteiger partial charge in [0.25, 0.3) is 0 Å². The standard InChI is InChI=1S/C25H40N2O/c1-2-3-4-5-6-7-8-9-10-11-12-13-14-15-19-22-24-26-27-25(28-24)23-20-17-16-18-21-23/h16-18,20-21H,2-15,19,22H2,1H3. The van der Waals surface area contributed by atoms with Gasteiger partial charge in [-0.3, -0.25) is 0 Å². The highest BCUT2D eigenvalue weighted by Gasteiger charge is 2.07. The van der Waals surface area contributed by atoms with E-state index in [0.717, 1.165) is 24.3 Å². The van der Waals surface area contributed by atoms with Crippen molar-refractivity contribution in [2.24, 2.45) is 0 Å². The largest absolute Gasteiger partial charge is 0.421 e. The van der Waals surface area contributed by atoms with Gasteiger partial charge in [0.15, 0.2) is 0 Å². The molecule has 1 aromatic carbocycles. The van der Waals surface area contributed by atoms with Crippen LogP contribution in [0.3, 0.4) is 0 Å². The van der Waals surface area contributed by atoms with E-state index in [-0.39, 0.29) is 0 Å². The molecule has 1 heterocycles. The average molecular weight is 385 g/mol. The lowest BCUT2D eigenvalue weighted by Crippen LogP contribution is -1.87. The van der Waals surface area contributed by atoms with Gasteiger partial charge in [-0.25, -0.2) is 0 Å². The fraction of sp³-hybridized carbons (Fsp3) is 0.680. The number of aryl methyl sites for hydroxylation is 1. The van der Waals surface area contributed by atoms with Gasteiger partial charge in [0.05, 0.1) is 0 Å². The lowest BCUT2D eigenvalue weighted by Gasteiger charge is -2.03. The molecule has 1 aromatic heterocycles. The zero-order valence-corrected chi connectivity index (χ0v) is 18.0. The van der Waals surface area contributed by atoms with Crippen LogP contribution in [0.4, 0.5) is 0 Å². The molecule has 156 valence electrons. The van der Waals surface area contributed by atoms with Crippen molar-refractivity contribution in [2.75, 3.05) is 0 Å². The molecule has 0 aliphatic heterocycles. The SMILES string of the molecule is CCCCCCCCCCCCCCCCCc1nnc(-c2ccccc2)o1. The van der Waals surface area contributed by atoms with Crippen LogP contribution in [0.1, 0.15) is 109 Å². The first-order valence-electron chi connectivity index (χ1n) is 11.8. The van der Waals surface area contributed by atoms with Crippen molar-refractivity contribution in [3.8, 4) is 11.5 Å². The smallest absolute Gasteiger partial charge is 0.247 e. The summed E-state index contributed by atoms with van der Waals surface area (Å²) in [5.74, 6) is 1.41. The quantitative estimate of drug-likeness (QED) is 0.258. The Balaban J connectivity index is 1.37. The predicted octanol–water partition coefficient (Wildman–Crippen LogP) is 8.15. The van der Waals surface area contributed by atoms with Crippen LogP contribution in [-0.2, 0) is 6.42 Å². The minimum absolute atomic E-state index is 0.636. The molecule has 0 N–H and O–H groups in total. The van der Waals surface area contributed by atoms with Crippen LogP contribution < -0.4 is 0 Å². The Kier molecular flexibility index (Phi) is 12.4. The van der Waals surface area contributed by atoms with E-state index in [1.165, 1.54) is 89.9 Å². The number of unbranched alkanes of at least 4 members (excludes halogenated alkanes) is 14. The summed E-state index contributed by atoms with van der Waals surface area (Å²) < 4.78 is 5.77. The number of nitrogens with zero attached hydrogens (tertiary/aromatic N) is 2. The summed E-state index contributed by atoms with van der Waals surface area (Å²) in [5.41, 5.74) is 0.998. The van der Waals surface area contributed by atoms with Gasteiger partial charge >= 0.3 is 0 Å². The Bertz CT molecular complexity index is 594. The minimum Gasteiger partial charge on any atom is -0.421 e. The van der Waals surface area contributed by atoms with Crippen molar-refractivity contribution in [1.29, 1.82) is 0 Å². The lowest BCUT2D eigenvalue weighted by atomic mass is 10.0. The second-order valence-corrected chi connectivity index (χ2v) is 8.07. The van der Waals surface area contributed by atoms with Crippen molar-refractivity contribution in [3.63, 3.8) is 0 Å². The Morgan fingerprint density at radius 2 is 1.11 bits per heavy atom. The summed E-state index contributed by atoms with van der Waals surface area (Å²) in [6.45, 7) is 2.29. The second-order valence-electron chi connectivity index (χ2n) is 8.07. The molecule has 28 heavy (non-hydrogen) atoms. The van der Waals surface area contributed by atoms with Gasteiger partial charge in [-0.2, -0.15) is 0 Å². The van der Waals surface area contributed by atoms with Gasteiger partial charge in [0.2, 0.25) is 11.8 Å². The molecule has 0 saturated carbocycles. The highest BCUT2D eigenvalue weighted by Crippen LogP contribution is 2.18. The van der Waals surface area contributed by atoms with Crippen molar-refractivity contribution in [2.45, 2.75) is 110 Å². The minimum atomic E-state index is 0.636. The van der Waals surface area contributed by atoms with E-state index in [2.05, 4.69) is 17.1 Å². The third-order valence-corrected chi connectivity index (χ3v) is 5.48.